The van der Waals surface area contributed by atoms with E-state index in [0.29, 0.717) is 17.3 Å². The molecule has 2 heteroatoms. The first-order valence-corrected chi connectivity index (χ1v) is 19.6. The van der Waals surface area contributed by atoms with E-state index in [1.54, 1.807) is 5.57 Å². The Morgan fingerprint density at radius 1 is 0.814 bits per heavy atom. The van der Waals surface area contributed by atoms with Crippen molar-refractivity contribution in [2.24, 2.45) is 46.3 Å². The van der Waals surface area contributed by atoms with Crippen LogP contribution in [0.5, 0.6) is 0 Å². The minimum atomic E-state index is 0.0618. The third-order valence-electron chi connectivity index (χ3n) is 13.5. The van der Waals surface area contributed by atoms with Crippen molar-refractivity contribution in [1.82, 2.24) is 0 Å². The number of esters is 1. The Labute approximate surface area is 268 Å². The molecular formula is C41H72O2. The van der Waals surface area contributed by atoms with E-state index in [1.165, 1.54) is 122 Å². The molecule has 0 amide bonds. The zero-order valence-corrected chi connectivity index (χ0v) is 29.7. The molecule has 0 aromatic heterocycles. The molecule has 0 spiro atoms. The lowest BCUT2D eigenvalue weighted by Crippen LogP contribution is -2.51. The van der Waals surface area contributed by atoms with E-state index in [1.807, 2.05) is 0 Å². The van der Waals surface area contributed by atoms with Gasteiger partial charge in [0.05, 0.1) is 0 Å². The summed E-state index contributed by atoms with van der Waals surface area (Å²) in [5.74, 6) is 5.34. The van der Waals surface area contributed by atoms with Gasteiger partial charge in [-0.05, 0) is 97.7 Å². The highest BCUT2D eigenvalue weighted by molar-refractivity contribution is 5.69. The average molecular weight is 597 g/mol. The summed E-state index contributed by atoms with van der Waals surface area (Å²) in [6.45, 7) is 14.9. The SMILES string of the molecule is CCCCCCCCCCCCCC(=O)O[C@H]1CC[C@@]2(C)C(=CC[C@@H]3[C@H]2CC[C@]2(C)[C@@H]([C@H](C)CCCC(C)C)CC[C@@H]32)C1. The van der Waals surface area contributed by atoms with Crippen LogP contribution in [-0.4, -0.2) is 12.1 Å². The highest BCUT2D eigenvalue weighted by Gasteiger charge is 2.59. The summed E-state index contributed by atoms with van der Waals surface area (Å²) >= 11 is 0. The smallest absolute Gasteiger partial charge is 0.306 e. The molecule has 0 radical (unpaired) electrons. The van der Waals surface area contributed by atoms with Gasteiger partial charge in [0.1, 0.15) is 6.10 Å². The molecular weight excluding hydrogens is 524 g/mol. The molecule has 0 bridgehead atoms. The Balaban J connectivity index is 1.19. The van der Waals surface area contributed by atoms with Crippen LogP contribution >= 0.6 is 0 Å². The maximum absolute atomic E-state index is 12.7. The number of hydrogen-bond acceptors (Lipinski definition) is 2. The van der Waals surface area contributed by atoms with Gasteiger partial charge in [-0.3, -0.25) is 4.79 Å². The van der Waals surface area contributed by atoms with E-state index in [4.69, 9.17) is 4.74 Å². The van der Waals surface area contributed by atoms with Crippen LogP contribution in [0.15, 0.2) is 11.6 Å². The Morgan fingerprint density at radius 2 is 1.49 bits per heavy atom. The van der Waals surface area contributed by atoms with E-state index in [9.17, 15) is 4.79 Å². The van der Waals surface area contributed by atoms with Gasteiger partial charge < -0.3 is 4.74 Å². The van der Waals surface area contributed by atoms with Crippen LogP contribution in [0.25, 0.3) is 0 Å². The molecule has 4 aliphatic rings. The predicted octanol–water partition coefficient (Wildman–Crippen LogP) is 12.6. The molecule has 248 valence electrons. The second-order valence-corrected chi connectivity index (χ2v) is 16.9. The molecule has 3 fully saturated rings. The quantitative estimate of drug-likeness (QED) is 0.0893. The number of unbranched alkanes of at least 4 members (excludes halogenated alkanes) is 10. The Bertz CT molecular complexity index is 873. The molecule has 8 atom stereocenters. The van der Waals surface area contributed by atoms with Crippen molar-refractivity contribution in [3.05, 3.63) is 11.6 Å². The van der Waals surface area contributed by atoms with Crippen molar-refractivity contribution < 1.29 is 9.53 Å². The molecule has 0 aromatic carbocycles. The van der Waals surface area contributed by atoms with Crippen LogP contribution in [0.2, 0.25) is 0 Å². The number of rotatable bonds is 18. The molecule has 4 aliphatic carbocycles. The van der Waals surface area contributed by atoms with Crippen molar-refractivity contribution in [3.63, 3.8) is 0 Å². The minimum absolute atomic E-state index is 0.0618. The largest absolute Gasteiger partial charge is 0.462 e. The predicted molar refractivity (Wildman–Crippen MR) is 184 cm³/mol. The van der Waals surface area contributed by atoms with Gasteiger partial charge in [-0.1, -0.05) is 137 Å². The van der Waals surface area contributed by atoms with Crippen molar-refractivity contribution in [2.75, 3.05) is 0 Å². The lowest BCUT2D eigenvalue weighted by molar-refractivity contribution is -0.151. The maximum atomic E-state index is 12.7. The molecule has 43 heavy (non-hydrogen) atoms. The van der Waals surface area contributed by atoms with Gasteiger partial charge >= 0.3 is 5.97 Å². The summed E-state index contributed by atoms with van der Waals surface area (Å²) in [6, 6.07) is 0. The van der Waals surface area contributed by atoms with Crippen LogP contribution < -0.4 is 0 Å². The van der Waals surface area contributed by atoms with E-state index in [2.05, 4.69) is 47.6 Å². The van der Waals surface area contributed by atoms with Gasteiger partial charge in [-0.2, -0.15) is 0 Å². The van der Waals surface area contributed by atoms with E-state index >= 15 is 0 Å². The average Bonchev–Trinajstić information content (AvgIpc) is 3.33. The van der Waals surface area contributed by atoms with Gasteiger partial charge in [-0.25, -0.2) is 0 Å². The standard InChI is InChI=1S/C41H72O2/c1-7-8-9-10-11-12-13-14-15-16-17-21-39(42)43-34-26-28-40(5)33(30-34)22-23-35-37-25-24-36(32(4)20-18-19-31(2)3)41(37,6)29-27-38(35)40/h22,31-32,34-38H,7-21,23-30H2,1-6H3/t32-,34+,35+,36-,37+,38-,40+,41-/m1/s1. The first-order chi connectivity index (χ1) is 20.7. The van der Waals surface area contributed by atoms with Gasteiger partial charge in [0, 0.05) is 12.8 Å². The summed E-state index contributed by atoms with van der Waals surface area (Å²) in [7, 11) is 0. The van der Waals surface area contributed by atoms with E-state index in [0.717, 1.165) is 54.8 Å². The zero-order chi connectivity index (χ0) is 30.9. The first kappa shape index (κ1) is 35.1. The molecule has 0 aromatic rings. The summed E-state index contributed by atoms with van der Waals surface area (Å²) in [4.78, 5) is 12.7. The van der Waals surface area contributed by atoms with Crippen LogP contribution in [0.3, 0.4) is 0 Å². The molecule has 0 saturated heterocycles. The molecule has 4 rings (SSSR count). The second-order valence-electron chi connectivity index (χ2n) is 16.9. The maximum Gasteiger partial charge on any atom is 0.306 e. The van der Waals surface area contributed by atoms with Crippen molar-refractivity contribution in [3.8, 4) is 0 Å². The van der Waals surface area contributed by atoms with Crippen molar-refractivity contribution in [2.45, 2.75) is 195 Å². The second kappa shape index (κ2) is 16.7. The number of ether oxygens (including phenoxy) is 1. The van der Waals surface area contributed by atoms with Crippen LogP contribution in [0, 0.1) is 46.3 Å². The molecule has 0 aliphatic heterocycles. The highest BCUT2D eigenvalue weighted by atomic mass is 16.5. The number of hydrogen-bond donors (Lipinski definition) is 0. The molecule has 0 unspecified atom stereocenters. The Hall–Kier alpha value is -0.790. The molecule has 0 heterocycles. The van der Waals surface area contributed by atoms with Crippen molar-refractivity contribution >= 4 is 5.97 Å². The number of carbonyl (C=O) groups is 1. The third kappa shape index (κ3) is 8.93. The third-order valence-corrected chi connectivity index (χ3v) is 13.5. The fourth-order valence-electron chi connectivity index (χ4n) is 10.9. The van der Waals surface area contributed by atoms with Gasteiger partial charge in [0.25, 0.3) is 0 Å². The Kier molecular flexibility index (Phi) is 13.6. The molecule has 0 N–H and O–H groups in total. The first-order valence-electron chi connectivity index (χ1n) is 19.6. The molecule has 2 nitrogen and oxygen atoms in total. The topological polar surface area (TPSA) is 26.3 Å². The highest BCUT2D eigenvalue weighted by Crippen LogP contribution is 2.67. The van der Waals surface area contributed by atoms with Crippen LogP contribution in [-0.2, 0) is 9.53 Å². The number of carbonyl (C=O) groups excluding carboxylic acids is 1. The Morgan fingerprint density at radius 3 is 2.16 bits per heavy atom. The lowest BCUT2D eigenvalue weighted by atomic mass is 9.47. The summed E-state index contributed by atoms with van der Waals surface area (Å²) in [5, 5.41) is 0. The fourth-order valence-corrected chi connectivity index (χ4v) is 10.9. The normalized spacial score (nSPS) is 34.3. The molecule has 3 saturated carbocycles. The summed E-state index contributed by atoms with van der Waals surface area (Å²) in [5.41, 5.74) is 2.54. The fraction of sp³-hybridized carbons (Fsp3) is 0.927. The van der Waals surface area contributed by atoms with Gasteiger partial charge in [0.2, 0.25) is 0 Å². The van der Waals surface area contributed by atoms with Gasteiger partial charge in [0.15, 0.2) is 0 Å². The minimum Gasteiger partial charge on any atom is -0.462 e. The number of allylic oxidation sites excluding steroid dienone is 1. The zero-order valence-electron chi connectivity index (χ0n) is 29.7. The summed E-state index contributed by atoms with van der Waals surface area (Å²) in [6.07, 6.45) is 32.5. The monoisotopic (exact) mass is 597 g/mol. The van der Waals surface area contributed by atoms with Crippen LogP contribution in [0.4, 0.5) is 0 Å². The van der Waals surface area contributed by atoms with Gasteiger partial charge in [-0.15, -0.1) is 0 Å². The lowest BCUT2D eigenvalue weighted by Gasteiger charge is -2.58. The van der Waals surface area contributed by atoms with Crippen LogP contribution in [0.1, 0.15) is 189 Å². The van der Waals surface area contributed by atoms with Crippen molar-refractivity contribution in [1.29, 1.82) is 0 Å². The summed E-state index contributed by atoms with van der Waals surface area (Å²) < 4.78 is 6.11. The number of fused-ring (bicyclic) bond motifs is 5. The van der Waals surface area contributed by atoms with E-state index < -0.39 is 0 Å². The van der Waals surface area contributed by atoms with E-state index in [-0.39, 0.29) is 12.1 Å².